The lowest BCUT2D eigenvalue weighted by molar-refractivity contribution is -0.137. The van der Waals surface area contributed by atoms with Gasteiger partial charge in [-0.05, 0) is 47.2 Å². The van der Waals surface area contributed by atoms with E-state index in [1.165, 1.54) is 27.7 Å². The van der Waals surface area contributed by atoms with Gasteiger partial charge < -0.3 is 15.4 Å². The highest BCUT2D eigenvalue weighted by Crippen LogP contribution is 2.36. The Labute approximate surface area is 163 Å². The lowest BCUT2D eigenvalue weighted by Crippen LogP contribution is -2.32. The second kappa shape index (κ2) is 9.07. The number of aromatic nitrogens is 2. The summed E-state index contributed by atoms with van der Waals surface area (Å²) in [5, 5.41) is 9.53. The van der Waals surface area contributed by atoms with Gasteiger partial charge >= 0.3 is 5.97 Å². The van der Waals surface area contributed by atoms with Crippen molar-refractivity contribution < 1.29 is 18.7 Å². The monoisotopic (exact) mass is 421 g/mol. The van der Waals surface area contributed by atoms with E-state index in [9.17, 15) is 13.6 Å². The van der Waals surface area contributed by atoms with E-state index in [1.54, 1.807) is 6.20 Å². The standard InChI is InChI=1S/C16H17F2N3O2S2.ClH/c17-10-5-9-1-2-11(7-12(9)13(18)6-10)21-4-3-20-16(21)25-24-8-14(19)15(22)23;/h3-6,11,14H,1-2,7-8,19H2,(H,22,23);1H. The van der Waals surface area contributed by atoms with Gasteiger partial charge in [0.15, 0.2) is 5.16 Å². The van der Waals surface area contributed by atoms with Crippen LogP contribution in [0, 0.1) is 11.6 Å². The topological polar surface area (TPSA) is 81.1 Å². The minimum absolute atomic E-state index is 0. The number of aliphatic carboxylic acids is 1. The Hall–Kier alpha value is -1.29. The molecule has 1 aliphatic carbocycles. The highest BCUT2D eigenvalue weighted by molar-refractivity contribution is 8.76. The summed E-state index contributed by atoms with van der Waals surface area (Å²) in [5.41, 5.74) is 6.77. The molecule has 10 heteroatoms. The molecule has 0 bridgehead atoms. The van der Waals surface area contributed by atoms with Crippen molar-refractivity contribution in [2.75, 3.05) is 5.75 Å². The van der Waals surface area contributed by atoms with Crippen molar-refractivity contribution >= 4 is 40.0 Å². The maximum atomic E-state index is 14.1. The average Bonchev–Trinajstić information content (AvgIpc) is 3.02. The van der Waals surface area contributed by atoms with Crippen LogP contribution >= 0.6 is 34.0 Å². The van der Waals surface area contributed by atoms with Crippen molar-refractivity contribution in [1.29, 1.82) is 0 Å². The third kappa shape index (κ3) is 4.70. The molecule has 3 rings (SSSR count). The van der Waals surface area contributed by atoms with Crippen LogP contribution in [0.25, 0.3) is 0 Å². The molecule has 1 aliphatic rings. The zero-order chi connectivity index (χ0) is 18.0. The summed E-state index contributed by atoms with van der Waals surface area (Å²) in [6.45, 7) is 0. The molecule has 1 aromatic carbocycles. The molecule has 2 aromatic rings. The zero-order valence-corrected chi connectivity index (χ0v) is 16.0. The number of rotatable bonds is 6. The number of nitrogens with two attached hydrogens (primary N) is 1. The van der Waals surface area contributed by atoms with Crippen LogP contribution in [-0.4, -0.2) is 32.4 Å². The summed E-state index contributed by atoms with van der Waals surface area (Å²) in [4.78, 5) is 15.0. The average molecular weight is 422 g/mol. The smallest absolute Gasteiger partial charge is 0.321 e. The Morgan fingerprint density at radius 1 is 1.46 bits per heavy atom. The fourth-order valence-electron chi connectivity index (χ4n) is 2.88. The normalized spacial score (nSPS) is 17.3. The molecule has 26 heavy (non-hydrogen) atoms. The number of imidazole rings is 1. The second-order valence-electron chi connectivity index (χ2n) is 5.85. The molecular weight excluding hydrogens is 404 g/mol. The SMILES string of the molecule is Cl.NC(CSSc1nccn1C1CCc2cc(F)cc(F)c2C1)C(=O)O. The summed E-state index contributed by atoms with van der Waals surface area (Å²) in [6.07, 6.45) is 5.34. The van der Waals surface area contributed by atoms with Gasteiger partial charge in [-0.1, -0.05) is 10.8 Å². The van der Waals surface area contributed by atoms with Gasteiger partial charge in [0.05, 0.1) is 0 Å². The molecule has 5 nitrogen and oxygen atoms in total. The van der Waals surface area contributed by atoms with Crippen LogP contribution < -0.4 is 5.73 Å². The van der Waals surface area contributed by atoms with E-state index in [1.807, 2.05) is 10.8 Å². The first-order valence-corrected chi connectivity index (χ1v) is 10.0. The first-order valence-electron chi connectivity index (χ1n) is 7.73. The van der Waals surface area contributed by atoms with E-state index >= 15 is 0 Å². The van der Waals surface area contributed by atoms with Gasteiger partial charge in [-0.25, -0.2) is 13.8 Å². The molecule has 0 fully saturated rings. The Balaban J connectivity index is 0.00000243. The van der Waals surface area contributed by atoms with Gasteiger partial charge in [-0.2, -0.15) is 0 Å². The number of carbonyl (C=O) groups is 1. The molecule has 3 N–H and O–H groups in total. The highest BCUT2D eigenvalue weighted by Gasteiger charge is 2.25. The third-order valence-corrected chi connectivity index (χ3v) is 6.45. The Kier molecular flexibility index (Phi) is 7.33. The van der Waals surface area contributed by atoms with Gasteiger partial charge in [0.1, 0.15) is 17.7 Å². The number of fused-ring (bicyclic) bond motifs is 1. The molecule has 0 radical (unpaired) electrons. The van der Waals surface area contributed by atoms with E-state index in [0.717, 1.165) is 23.2 Å². The molecule has 0 aliphatic heterocycles. The van der Waals surface area contributed by atoms with Crippen molar-refractivity contribution in [1.82, 2.24) is 9.55 Å². The van der Waals surface area contributed by atoms with Crippen molar-refractivity contribution in [2.24, 2.45) is 5.73 Å². The van der Waals surface area contributed by atoms with Crippen molar-refractivity contribution in [2.45, 2.75) is 36.5 Å². The van der Waals surface area contributed by atoms with E-state index in [0.29, 0.717) is 18.4 Å². The third-order valence-electron chi connectivity index (χ3n) is 4.16. The summed E-state index contributed by atoms with van der Waals surface area (Å²) < 4.78 is 29.4. The Morgan fingerprint density at radius 3 is 2.96 bits per heavy atom. The molecule has 2 unspecified atom stereocenters. The number of nitrogens with zero attached hydrogens (tertiary/aromatic N) is 2. The molecule has 1 aromatic heterocycles. The van der Waals surface area contributed by atoms with Gasteiger partial charge in [-0.3, -0.25) is 4.79 Å². The highest BCUT2D eigenvalue weighted by atomic mass is 35.5. The van der Waals surface area contributed by atoms with Gasteiger partial charge in [0.2, 0.25) is 0 Å². The van der Waals surface area contributed by atoms with Crippen LogP contribution in [0.15, 0.2) is 29.7 Å². The predicted molar refractivity (Wildman–Crippen MR) is 101 cm³/mol. The van der Waals surface area contributed by atoms with Gasteiger partial charge in [-0.15, -0.1) is 12.4 Å². The van der Waals surface area contributed by atoms with Crippen LogP contribution in [0.1, 0.15) is 23.6 Å². The minimum atomic E-state index is -1.04. The Bertz CT molecular complexity index is 791. The molecule has 0 saturated heterocycles. The first-order chi connectivity index (χ1) is 12.0. The van der Waals surface area contributed by atoms with Crippen molar-refractivity contribution in [3.8, 4) is 0 Å². The molecule has 2 atom stereocenters. The lowest BCUT2D eigenvalue weighted by atomic mass is 9.87. The van der Waals surface area contributed by atoms with E-state index in [2.05, 4.69) is 4.98 Å². The number of hydrogen-bond donors (Lipinski definition) is 2. The number of halogens is 3. The lowest BCUT2D eigenvalue weighted by Gasteiger charge is -2.27. The predicted octanol–water partition coefficient (Wildman–Crippen LogP) is 3.47. The van der Waals surface area contributed by atoms with E-state index in [-0.39, 0.29) is 24.2 Å². The summed E-state index contributed by atoms with van der Waals surface area (Å²) >= 11 is 0. The maximum Gasteiger partial charge on any atom is 0.321 e. The summed E-state index contributed by atoms with van der Waals surface area (Å²) in [6, 6.07) is 1.44. The molecule has 142 valence electrons. The molecular formula is C16H18ClF2N3O2S2. The van der Waals surface area contributed by atoms with Crippen LogP contribution in [-0.2, 0) is 17.6 Å². The number of benzene rings is 1. The van der Waals surface area contributed by atoms with Crippen molar-refractivity contribution in [3.05, 3.63) is 47.3 Å². The Morgan fingerprint density at radius 2 is 2.23 bits per heavy atom. The fraction of sp³-hybridized carbons (Fsp3) is 0.375. The zero-order valence-electron chi connectivity index (χ0n) is 13.6. The fourth-order valence-corrected chi connectivity index (χ4v) is 5.09. The molecule has 0 spiro atoms. The van der Waals surface area contributed by atoms with Crippen LogP contribution in [0.3, 0.4) is 0 Å². The number of aryl methyl sites for hydroxylation is 1. The van der Waals surface area contributed by atoms with Gasteiger partial charge in [0.25, 0.3) is 0 Å². The van der Waals surface area contributed by atoms with Crippen LogP contribution in [0.4, 0.5) is 8.78 Å². The first kappa shape index (κ1) is 21.0. The van der Waals surface area contributed by atoms with E-state index < -0.39 is 23.6 Å². The largest absolute Gasteiger partial charge is 0.480 e. The molecule has 0 amide bonds. The minimum Gasteiger partial charge on any atom is -0.480 e. The molecule has 1 heterocycles. The van der Waals surface area contributed by atoms with E-state index in [4.69, 9.17) is 10.8 Å². The maximum absolute atomic E-state index is 14.1. The summed E-state index contributed by atoms with van der Waals surface area (Å²) in [5.74, 6) is -1.83. The number of hydrogen-bond acceptors (Lipinski definition) is 5. The second-order valence-corrected chi connectivity index (χ2v) is 8.16. The van der Waals surface area contributed by atoms with Crippen LogP contribution in [0.5, 0.6) is 0 Å². The summed E-state index contributed by atoms with van der Waals surface area (Å²) in [7, 11) is 2.67. The quantitative estimate of drug-likeness (QED) is 0.695. The van der Waals surface area contributed by atoms with Crippen molar-refractivity contribution in [3.63, 3.8) is 0 Å². The number of carboxylic acids is 1. The number of carboxylic acid groups (broad SMARTS) is 1. The van der Waals surface area contributed by atoms with Gasteiger partial charge in [0, 0.05) is 30.3 Å². The van der Waals surface area contributed by atoms with Crippen LogP contribution in [0.2, 0.25) is 0 Å². The molecule has 0 saturated carbocycles.